The molecule has 102 valence electrons. The van der Waals surface area contributed by atoms with Crippen LogP contribution in [0, 0.1) is 11.8 Å². The van der Waals surface area contributed by atoms with E-state index in [2.05, 4.69) is 52.0 Å². The monoisotopic (exact) mass is 250 g/mol. The van der Waals surface area contributed by atoms with Gasteiger partial charge in [0.2, 0.25) is 0 Å². The molecule has 1 aromatic rings. The first-order chi connectivity index (χ1) is 8.51. The molecule has 0 heterocycles. The lowest BCUT2D eigenvalue weighted by molar-refractivity contribution is 0.0619. The van der Waals surface area contributed by atoms with Crippen LogP contribution in [0.3, 0.4) is 0 Å². The normalized spacial score (nSPS) is 15.1. The minimum Gasteiger partial charge on any atom is -0.376 e. The smallest absolute Gasteiger partial charge is 0.0844 e. The molecule has 0 N–H and O–H groups in total. The Balaban J connectivity index is 2.91. The minimum atomic E-state index is 0.166. The Kier molecular flexibility index (Phi) is 5.83. The molecule has 18 heavy (non-hydrogen) atoms. The second kappa shape index (κ2) is 6.91. The summed E-state index contributed by atoms with van der Waals surface area (Å²) in [6.07, 6.45) is 0.332. The van der Waals surface area contributed by atoms with E-state index in [9.17, 15) is 0 Å². The Morgan fingerprint density at radius 3 is 1.11 bits per heavy atom. The highest BCUT2D eigenvalue weighted by molar-refractivity contribution is 5.26. The van der Waals surface area contributed by atoms with Crippen LogP contribution in [0.4, 0.5) is 0 Å². The van der Waals surface area contributed by atoms with E-state index in [0.717, 1.165) is 0 Å². The lowest BCUT2D eigenvalue weighted by atomic mass is 9.94. The van der Waals surface area contributed by atoms with Crippen LogP contribution in [0.5, 0.6) is 0 Å². The van der Waals surface area contributed by atoms with E-state index < -0.39 is 0 Å². The summed E-state index contributed by atoms with van der Waals surface area (Å²) in [4.78, 5) is 0. The van der Waals surface area contributed by atoms with Crippen molar-refractivity contribution in [2.45, 2.75) is 39.9 Å². The zero-order valence-electron chi connectivity index (χ0n) is 12.4. The zero-order chi connectivity index (χ0) is 13.7. The third kappa shape index (κ3) is 3.56. The molecular formula is C16H26O2. The summed E-state index contributed by atoms with van der Waals surface area (Å²) in [5.41, 5.74) is 2.46. The van der Waals surface area contributed by atoms with E-state index in [1.54, 1.807) is 14.2 Å². The van der Waals surface area contributed by atoms with Crippen molar-refractivity contribution in [3.8, 4) is 0 Å². The maximum Gasteiger partial charge on any atom is 0.0844 e. The van der Waals surface area contributed by atoms with Crippen molar-refractivity contribution >= 4 is 0 Å². The molecule has 0 radical (unpaired) electrons. The number of hydrogen-bond donors (Lipinski definition) is 0. The molecule has 1 rings (SSSR count). The van der Waals surface area contributed by atoms with Crippen LogP contribution < -0.4 is 0 Å². The minimum absolute atomic E-state index is 0.166. The predicted molar refractivity (Wildman–Crippen MR) is 75.6 cm³/mol. The molecule has 0 aliphatic heterocycles. The molecule has 2 heteroatoms. The Labute approximate surface area is 111 Å². The van der Waals surface area contributed by atoms with Gasteiger partial charge in [0.05, 0.1) is 12.2 Å². The summed E-state index contributed by atoms with van der Waals surface area (Å²) in [7, 11) is 3.54. The van der Waals surface area contributed by atoms with Crippen molar-refractivity contribution in [2.75, 3.05) is 14.2 Å². The van der Waals surface area contributed by atoms with E-state index in [4.69, 9.17) is 9.47 Å². The molecule has 0 aliphatic rings. The molecule has 0 fully saturated rings. The quantitative estimate of drug-likeness (QED) is 0.746. The van der Waals surface area contributed by atoms with Gasteiger partial charge in [-0.3, -0.25) is 0 Å². The average Bonchev–Trinajstić information content (AvgIpc) is 2.32. The first-order valence-electron chi connectivity index (χ1n) is 6.66. The molecule has 0 bridgehead atoms. The van der Waals surface area contributed by atoms with Gasteiger partial charge in [0, 0.05) is 14.2 Å². The highest BCUT2D eigenvalue weighted by Crippen LogP contribution is 2.29. The number of methoxy groups -OCH3 is 2. The van der Waals surface area contributed by atoms with Crippen molar-refractivity contribution in [1.29, 1.82) is 0 Å². The molecule has 2 unspecified atom stereocenters. The summed E-state index contributed by atoms with van der Waals surface area (Å²) < 4.78 is 11.1. The third-order valence-electron chi connectivity index (χ3n) is 3.31. The van der Waals surface area contributed by atoms with Gasteiger partial charge in [-0.15, -0.1) is 0 Å². The molecule has 0 aromatic heterocycles. The highest BCUT2D eigenvalue weighted by atomic mass is 16.5. The Bertz CT molecular complexity index is 306. The van der Waals surface area contributed by atoms with Crippen LogP contribution in [-0.4, -0.2) is 14.2 Å². The summed E-state index contributed by atoms with van der Waals surface area (Å²) in [6, 6.07) is 8.60. The van der Waals surface area contributed by atoms with Gasteiger partial charge in [-0.25, -0.2) is 0 Å². The van der Waals surface area contributed by atoms with Crippen LogP contribution in [0.15, 0.2) is 24.3 Å². The van der Waals surface area contributed by atoms with Crippen molar-refractivity contribution in [3.05, 3.63) is 35.4 Å². The van der Waals surface area contributed by atoms with Gasteiger partial charge >= 0.3 is 0 Å². The van der Waals surface area contributed by atoms with E-state index in [-0.39, 0.29) is 12.2 Å². The number of hydrogen-bond acceptors (Lipinski definition) is 2. The first-order valence-corrected chi connectivity index (χ1v) is 6.66. The Morgan fingerprint density at radius 1 is 0.667 bits per heavy atom. The van der Waals surface area contributed by atoms with Gasteiger partial charge in [0.25, 0.3) is 0 Å². The molecule has 1 aromatic carbocycles. The molecular weight excluding hydrogens is 224 g/mol. The molecule has 0 amide bonds. The van der Waals surface area contributed by atoms with Gasteiger partial charge in [-0.1, -0.05) is 52.0 Å². The van der Waals surface area contributed by atoms with Gasteiger partial charge in [0.15, 0.2) is 0 Å². The van der Waals surface area contributed by atoms with Gasteiger partial charge in [-0.2, -0.15) is 0 Å². The van der Waals surface area contributed by atoms with Crippen LogP contribution >= 0.6 is 0 Å². The second-order valence-electron chi connectivity index (χ2n) is 5.47. The largest absolute Gasteiger partial charge is 0.376 e. The summed E-state index contributed by atoms with van der Waals surface area (Å²) in [6.45, 7) is 8.70. The van der Waals surface area contributed by atoms with Gasteiger partial charge < -0.3 is 9.47 Å². The van der Waals surface area contributed by atoms with Crippen LogP contribution in [0.25, 0.3) is 0 Å². The Morgan fingerprint density at radius 2 is 0.944 bits per heavy atom. The summed E-state index contributed by atoms with van der Waals surface area (Å²) >= 11 is 0. The molecule has 2 atom stereocenters. The van der Waals surface area contributed by atoms with E-state index in [0.29, 0.717) is 11.8 Å². The maximum atomic E-state index is 5.54. The van der Waals surface area contributed by atoms with Crippen molar-refractivity contribution in [3.63, 3.8) is 0 Å². The van der Waals surface area contributed by atoms with E-state index in [1.165, 1.54) is 11.1 Å². The summed E-state index contributed by atoms with van der Waals surface area (Å²) in [5, 5.41) is 0. The third-order valence-corrected chi connectivity index (χ3v) is 3.31. The first kappa shape index (κ1) is 15.2. The molecule has 2 nitrogen and oxygen atoms in total. The topological polar surface area (TPSA) is 18.5 Å². The molecule has 0 saturated carbocycles. The standard InChI is InChI=1S/C16H26O2/c1-11(2)15(17-5)13-7-9-14(10-8-13)16(18-6)12(3)4/h7-12,15-16H,1-6H3. The van der Waals surface area contributed by atoms with Crippen LogP contribution in [0.1, 0.15) is 51.0 Å². The van der Waals surface area contributed by atoms with Gasteiger partial charge in [-0.05, 0) is 23.0 Å². The Hall–Kier alpha value is -0.860. The average molecular weight is 250 g/mol. The second-order valence-corrected chi connectivity index (χ2v) is 5.47. The lowest BCUT2D eigenvalue weighted by Crippen LogP contribution is -2.11. The zero-order valence-corrected chi connectivity index (χ0v) is 12.4. The number of ether oxygens (including phenoxy) is 2. The molecule has 0 spiro atoms. The fraction of sp³-hybridized carbons (Fsp3) is 0.625. The van der Waals surface area contributed by atoms with Crippen molar-refractivity contribution in [1.82, 2.24) is 0 Å². The highest BCUT2D eigenvalue weighted by Gasteiger charge is 2.17. The summed E-state index contributed by atoms with van der Waals surface area (Å²) in [5.74, 6) is 0.952. The fourth-order valence-corrected chi connectivity index (χ4v) is 2.46. The van der Waals surface area contributed by atoms with Gasteiger partial charge in [0.1, 0.15) is 0 Å². The van der Waals surface area contributed by atoms with E-state index in [1.807, 2.05) is 0 Å². The molecule has 0 saturated heterocycles. The van der Waals surface area contributed by atoms with Crippen LogP contribution in [-0.2, 0) is 9.47 Å². The van der Waals surface area contributed by atoms with Crippen molar-refractivity contribution in [2.24, 2.45) is 11.8 Å². The van der Waals surface area contributed by atoms with E-state index >= 15 is 0 Å². The maximum absolute atomic E-state index is 5.54. The SMILES string of the molecule is COC(c1ccc(C(OC)C(C)C)cc1)C(C)C. The number of benzene rings is 1. The predicted octanol–water partition coefficient (Wildman–Crippen LogP) is 4.37. The van der Waals surface area contributed by atoms with Crippen molar-refractivity contribution < 1.29 is 9.47 Å². The molecule has 0 aliphatic carbocycles. The van der Waals surface area contributed by atoms with Crippen LogP contribution in [0.2, 0.25) is 0 Å². The lowest BCUT2D eigenvalue weighted by Gasteiger charge is -2.22. The number of rotatable bonds is 6. The fourth-order valence-electron chi connectivity index (χ4n) is 2.46.